The SMILES string of the molecule is CCC(C)CN(CC)C(=O)c1n[nH]c(C)n1. The van der Waals surface area contributed by atoms with Gasteiger partial charge in [-0.15, -0.1) is 5.10 Å². The van der Waals surface area contributed by atoms with Crippen LogP contribution in [0.25, 0.3) is 0 Å². The summed E-state index contributed by atoms with van der Waals surface area (Å²) in [7, 11) is 0. The van der Waals surface area contributed by atoms with Crippen molar-refractivity contribution < 1.29 is 4.79 Å². The Morgan fingerprint density at radius 2 is 2.19 bits per heavy atom. The van der Waals surface area contributed by atoms with Gasteiger partial charge in [0.25, 0.3) is 5.91 Å². The maximum absolute atomic E-state index is 12.0. The number of hydrogen-bond acceptors (Lipinski definition) is 3. The largest absolute Gasteiger partial charge is 0.336 e. The molecule has 1 heterocycles. The minimum absolute atomic E-state index is 0.0906. The van der Waals surface area contributed by atoms with E-state index in [2.05, 4.69) is 29.0 Å². The van der Waals surface area contributed by atoms with E-state index in [1.807, 2.05) is 6.92 Å². The van der Waals surface area contributed by atoms with Crippen molar-refractivity contribution in [2.75, 3.05) is 13.1 Å². The van der Waals surface area contributed by atoms with Crippen LogP contribution < -0.4 is 0 Å². The van der Waals surface area contributed by atoms with Gasteiger partial charge in [-0.3, -0.25) is 9.89 Å². The first-order valence-electron chi connectivity index (χ1n) is 5.76. The molecule has 0 spiro atoms. The zero-order valence-corrected chi connectivity index (χ0v) is 10.4. The molecule has 1 amide bonds. The van der Waals surface area contributed by atoms with Gasteiger partial charge in [-0.1, -0.05) is 20.3 Å². The summed E-state index contributed by atoms with van der Waals surface area (Å²) < 4.78 is 0. The predicted molar refractivity (Wildman–Crippen MR) is 62.2 cm³/mol. The van der Waals surface area contributed by atoms with E-state index in [0.717, 1.165) is 13.0 Å². The van der Waals surface area contributed by atoms with Gasteiger partial charge in [0.05, 0.1) is 0 Å². The summed E-state index contributed by atoms with van der Waals surface area (Å²) in [5.41, 5.74) is 0. The molecule has 1 unspecified atom stereocenters. The molecule has 1 N–H and O–H groups in total. The maximum Gasteiger partial charge on any atom is 0.293 e. The van der Waals surface area contributed by atoms with Crippen LogP contribution in [-0.2, 0) is 0 Å². The highest BCUT2D eigenvalue weighted by Crippen LogP contribution is 2.07. The number of nitrogens with zero attached hydrogens (tertiary/aromatic N) is 3. The van der Waals surface area contributed by atoms with Crippen molar-refractivity contribution in [1.82, 2.24) is 20.1 Å². The molecule has 0 bridgehead atoms. The number of carbonyl (C=O) groups is 1. The average molecular weight is 224 g/mol. The van der Waals surface area contributed by atoms with Crippen LogP contribution in [0.5, 0.6) is 0 Å². The molecule has 1 rings (SSSR count). The van der Waals surface area contributed by atoms with Gasteiger partial charge in [0.2, 0.25) is 5.82 Å². The van der Waals surface area contributed by atoms with E-state index in [1.165, 1.54) is 0 Å². The molecule has 0 aliphatic rings. The number of H-pyrrole nitrogens is 1. The van der Waals surface area contributed by atoms with E-state index in [-0.39, 0.29) is 11.7 Å². The lowest BCUT2D eigenvalue weighted by Crippen LogP contribution is -2.35. The van der Waals surface area contributed by atoms with Crippen LogP contribution in [0.1, 0.15) is 43.6 Å². The standard InChI is InChI=1S/C11H20N4O/c1-5-8(3)7-15(6-2)11(16)10-12-9(4)13-14-10/h8H,5-7H2,1-4H3,(H,12,13,14). The van der Waals surface area contributed by atoms with Gasteiger partial charge >= 0.3 is 0 Å². The molecular weight excluding hydrogens is 204 g/mol. The first-order chi connectivity index (χ1) is 7.58. The van der Waals surface area contributed by atoms with Crippen LogP contribution in [0.4, 0.5) is 0 Å². The molecule has 0 aliphatic heterocycles. The second-order valence-corrected chi connectivity index (χ2v) is 4.10. The quantitative estimate of drug-likeness (QED) is 0.826. The molecule has 0 saturated heterocycles. The van der Waals surface area contributed by atoms with Gasteiger partial charge in [0, 0.05) is 13.1 Å². The van der Waals surface area contributed by atoms with Crippen molar-refractivity contribution in [2.45, 2.75) is 34.1 Å². The fourth-order valence-electron chi connectivity index (χ4n) is 1.44. The van der Waals surface area contributed by atoms with Crippen LogP contribution in [0.3, 0.4) is 0 Å². The summed E-state index contributed by atoms with van der Waals surface area (Å²) in [6, 6.07) is 0. The number of nitrogens with one attached hydrogen (secondary N) is 1. The Morgan fingerprint density at radius 3 is 2.62 bits per heavy atom. The van der Waals surface area contributed by atoms with E-state index in [0.29, 0.717) is 18.3 Å². The molecule has 1 aromatic rings. The van der Waals surface area contributed by atoms with Gasteiger partial charge < -0.3 is 4.90 Å². The van der Waals surface area contributed by atoms with Crippen LogP contribution in [0.2, 0.25) is 0 Å². The lowest BCUT2D eigenvalue weighted by atomic mass is 10.1. The van der Waals surface area contributed by atoms with Crippen LogP contribution in [0.15, 0.2) is 0 Å². The molecule has 16 heavy (non-hydrogen) atoms. The van der Waals surface area contributed by atoms with Gasteiger partial charge in [-0.25, -0.2) is 4.98 Å². The Labute approximate surface area is 96.3 Å². The molecule has 0 saturated carbocycles. The van der Waals surface area contributed by atoms with Gasteiger partial charge in [-0.05, 0) is 19.8 Å². The zero-order valence-electron chi connectivity index (χ0n) is 10.4. The fourth-order valence-corrected chi connectivity index (χ4v) is 1.44. The van der Waals surface area contributed by atoms with E-state index in [4.69, 9.17) is 0 Å². The maximum atomic E-state index is 12.0. The Bertz CT molecular complexity index is 348. The molecule has 1 aromatic heterocycles. The predicted octanol–water partition coefficient (Wildman–Crippen LogP) is 1.62. The molecule has 0 aromatic carbocycles. The third kappa shape index (κ3) is 3.05. The van der Waals surface area contributed by atoms with E-state index in [1.54, 1.807) is 11.8 Å². The minimum atomic E-state index is -0.0906. The number of amides is 1. The lowest BCUT2D eigenvalue weighted by molar-refractivity contribution is 0.0729. The van der Waals surface area contributed by atoms with Gasteiger partial charge in [-0.2, -0.15) is 0 Å². The molecule has 90 valence electrons. The summed E-state index contributed by atoms with van der Waals surface area (Å²) >= 11 is 0. The summed E-state index contributed by atoms with van der Waals surface area (Å²) in [5, 5.41) is 6.58. The van der Waals surface area contributed by atoms with Crippen molar-refractivity contribution in [3.63, 3.8) is 0 Å². The topological polar surface area (TPSA) is 61.9 Å². The lowest BCUT2D eigenvalue weighted by Gasteiger charge is -2.22. The molecule has 0 aliphatic carbocycles. The summed E-state index contributed by atoms with van der Waals surface area (Å²) in [5.74, 6) is 1.35. The first kappa shape index (κ1) is 12.7. The molecule has 0 fully saturated rings. The molecular formula is C11H20N4O. The number of aromatic nitrogens is 3. The molecule has 5 nitrogen and oxygen atoms in total. The van der Waals surface area contributed by atoms with E-state index >= 15 is 0 Å². The molecule has 1 atom stereocenters. The number of hydrogen-bond donors (Lipinski definition) is 1. The second kappa shape index (κ2) is 5.63. The Balaban J connectivity index is 2.69. The van der Waals surface area contributed by atoms with Gasteiger partial charge in [0.1, 0.15) is 5.82 Å². The van der Waals surface area contributed by atoms with Crippen molar-refractivity contribution in [3.8, 4) is 0 Å². The molecule has 5 heteroatoms. The first-order valence-corrected chi connectivity index (χ1v) is 5.76. The van der Waals surface area contributed by atoms with E-state index < -0.39 is 0 Å². The van der Waals surface area contributed by atoms with Crippen molar-refractivity contribution in [2.24, 2.45) is 5.92 Å². The monoisotopic (exact) mass is 224 g/mol. The van der Waals surface area contributed by atoms with E-state index in [9.17, 15) is 4.79 Å². The highest BCUT2D eigenvalue weighted by Gasteiger charge is 2.19. The van der Waals surface area contributed by atoms with Gasteiger partial charge in [0.15, 0.2) is 0 Å². The Hall–Kier alpha value is -1.39. The average Bonchev–Trinajstić information content (AvgIpc) is 2.71. The number of aromatic amines is 1. The highest BCUT2D eigenvalue weighted by atomic mass is 16.2. The third-order valence-corrected chi connectivity index (χ3v) is 2.69. The second-order valence-electron chi connectivity index (χ2n) is 4.10. The van der Waals surface area contributed by atoms with Crippen LogP contribution in [0, 0.1) is 12.8 Å². The summed E-state index contributed by atoms with van der Waals surface area (Å²) in [4.78, 5) is 17.9. The summed E-state index contributed by atoms with van der Waals surface area (Å²) in [6.07, 6.45) is 1.07. The minimum Gasteiger partial charge on any atom is -0.336 e. The highest BCUT2D eigenvalue weighted by molar-refractivity contribution is 5.90. The zero-order chi connectivity index (χ0) is 12.1. The fraction of sp³-hybridized carbons (Fsp3) is 0.727. The normalized spacial score (nSPS) is 12.5. The van der Waals surface area contributed by atoms with Crippen molar-refractivity contribution >= 4 is 5.91 Å². The van der Waals surface area contributed by atoms with Crippen molar-refractivity contribution in [1.29, 1.82) is 0 Å². The third-order valence-electron chi connectivity index (χ3n) is 2.69. The Morgan fingerprint density at radius 1 is 1.50 bits per heavy atom. The molecule has 0 radical (unpaired) electrons. The number of aryl methyl sites for hydroxylation is 1. The van der Waals surface area contributed by atoms with Crippen LogP contribution in [-0.4, -0.2) is 39.1 Å². The van der Waals surface area contributed by atoms with Crippen molar-refractivity contribution in [3.05, 3.63) is 11.6 Å². The smallest absolute Gasteiger partial charge is 0.293 e. The number of carbonyl (C=O) groups excluding carboxylic acids is 1. The van der Waals surface area contributed by atoms with Crippen LogP contribution >= 0.6 is 0 Å². The Kier molecular flexibility index (Phi) is 4.46. The summed E-state index contributed by atoms with van der Waals surface area (Å²) in [6.45, 7) is 9.48. The number of rotatable bonds is 5.